The molecule has 0 aliphatic carbocycles. The summed E-state index contributed by atoms with van der Waals surface area (Å²) in [7, 11) is 0. The van der Waals surface area contributed by atoms with E-state index < -0.39 is 0 Å². The number of nitrogens with zero attached hydrogens (tertiary/aromatic N) is 4. The van der Waals surface area contributed by atoms with Crippen LogP contribution in [0.15, 0.2) is 17.1 Å². The molecule has 1 aliphatic rings. The number of hydrogen-bond donors (Lipinski definition) is 1. The zero-order chi connectivity index (χ0) is 14.4. The second-order valence-corrected chi connectivity index (χ2v) is 5.04. The molecule has 0 atom stereocenters. The largest absolute Gasteiger partial charge is 0.371 e. The van der Waals surface area contributed by atoms with E-state index in [1.54, 1.807) is 16.9 Å². The summed E-state index contributed by atoms with van der Waals surface area (Å²) >= 11 is 0. The van der Waals surface area contributed by atoms with Crippen molar-refractivity contribution in [3.8, 4) is 0 Å². The molecule has 1 fully saturated rings. The smallest absolute Gasteiger partial charge is 0.268 e. The highest BCUT2D eigenvalue weighted by Crippen LogP contribution is 2.08. The molecule has 0 saturated carbocycles. The molecule has 112 valence electrons. The Morgan fingerprint density at radius 3 is 2.55 bits per heavy atom. The van der Waals surface area contributed by atoms with Crippen molar-refractivity contribution in [1.29, 1.82) is 0 Å². The van der Waals surface area contributed by atoms with E-state index in [9.17, 15) is 4.79 Å². The maximum absolute atomic E-state index is 12.1. The first kappa shape index (κ1) is 15.0. The van der Waals surface area contributed by atoms with Gasteiger partial charge in [0.1, 0.15) is 0 Å². The molecule has 0 unspecified atom stereocenters. The minimum Gasteiger partial charge on any atom is -0.371 e. The molecule has 6 nitrogen and oxygen atoms in total. The third-order valence-electron chi connectivity index (χ3n) is 3.82. The van der Waals surface area contributed by atoms with Gasteiger partial charge in [-0.25, -0.2) is 4.68 Å². The van der Waals surface area contributed by atoms with Crippen molar-refractivity contribution in [3.05, 3.63) is 22.6 Å². The molecule has 1 N–H and O–H groups in total. The predicted octanol–water partition coefficient (Wildman–Crippen LogP) is -0.00530. The summed E-state index contributed by atoms with van der Waals surface area (Å²) < 4.78 is 1.56. The average molecular weight is 279 g/mol. The van der Waals surface area contributed by atoms with E-state index in [-0.39, 0.29) is 5.56 Å². The Labute approximate surface area is 120 Å². The summed E-state index contributed by atoms with van der Waals surface area (Å²) in [5.74, 6) is 0. The van der Waals surface area contributed by atoms with Gasteiger partial charge in [-0.3, -0.25) is 9.69 Å². The van der Waals surface area contributed by atoms with E-state index in [4.69, 9.17) is 0 Å². The maximum atomic E-state index is 12.1. The van der Waals surface area contributed by atoms with Gasteiger partial charge in [-0.15, -0.1) is 0 Å². The Morgan fingerprint density at radius 2 is 1.95 bits per heavy atom. The molecule has 2 heterocycles. The zero-order valence-electron chi connectivity index (χ0n) is 12.5. The molecular formula is C14H25N5O. The van der Waals surface area contributed by atoms with Gasteiger partial charge in [0.25, 0.3) is 5.56 Å². The fourth-order valence-electron chi connectivity index (χ4n) is 2.52. The van der Waals surface area contributed by atoms with Crippen LogP contribution in [0.1, 0.15) is 13.8 Å². The highest BCUT2D eigenvalue weighted by molar-refractivity contribution is 5.42. The maximum Gasteiger partial charge on any atom is 0.268 e. The molecule has 1 aromatic rings. The van der Waals surface area contributed by atoms with Crippen LogP contribution >= 0.6 is 0 Å². The number of piperazine rings is 1. The summed E-state index contributed by atoms with van der Waals surface area (Å²) in [4.78, 5) is 16.6. The van der Waals surface area contributed by atoms with Crippen LogP contribution in [-0.2, 0) is 6.54 Å². The number of aromatic nitrogens is 2. The molecule has 0 radical (unpaired) electrons. The summed E-state index contributed by atoms with van der Waals surface area (Å²) in [5, 5.41) is 7.63. The van der Waals surface area contributed by atoms with Gasteiger partial charge in [-0.05, 0) is 13.8 Å². The first-order valence-corrected chi connectivity index (χ1v) is 7.49. The molecule has 0 aromatic carbocycles. The molecule has 0 spiro atoms. The number of anilines is 1. The van der Waals surface area contributed by atoms with Crippen LogP contribution in [0, 0.1) is 0 Å². The second kappa shape index (κ2) is 7.40. The standard InChI is InChI=1S/C14H25N5O/c1-3-18(4-2)13-11-14(20)19(16-12-13)10-9-17-7-5-15-6-8-17/h11-12,15H,3-10H2,1-2H3. The highest BCUT2D eigenvalue weighted by Gasteiger charge is 2.10. The van der Waals surface area contributed by atoms with Gasteiger partial charge in [0.2, 0.25) is 0 Å². The fraction of sp³-hybridized carbons (Fsp3) is 0.714. The summed E-state index contributed by atoms with van der Waals surface area (Å²) in [6.45, 7) is 11.7. The number of nitrogens with one attached hydrogen (secondary N) is 1. The monoisotopic (exact) mass is 279 g/mol. The van der Waals surface area contributed by atoms with E-state index in [2.05, 4.69) is 34.1 Å². The topological polar surface area (TPSA) is 53.4 Å². The molecule has 1 aliphatic heterocycles. The van der Waals surface area contributed by atoms with Crippen LogP contribution in [0.4, 0.5) is 5.69 Å². The summed E-state index contributed by atoms with van der Waals surface area (Å²) in [6.07, 6.45) is 1.80. The van der Waals surface area contributed by atoms with E-state index in [0.717, 1.165) is 51.5 Å². The molecule has 2 rings (SSSR count). The molecule has 0 amide bonds. The minimum absolute atomic E-state index is 0.00969. The quantitative estimate of drug-likeness (QED) is 0.794. The van der Waals surface area contributed by atoms with Crippen LogP contribution in [0.3, 0.4) is 0 Å². The first-order chi connectivity index (χ1) is 9.74. The van der Waals surface area contributed by atoms with E-state index in [0.29, 0.717) is 6.54 Å². The van der Waals surface area contributed by atoms with Crippen LogP contribution < -0.4 is 15.8 Å². The SMILES string of the molecule is CCN(CC)c1cnn(CCN2CCNCC2)c(=O)c1. The molecule has 1 aromatic heterocycles. The Balaban J connectivity index is 1.97. The normalized spacial score (nSPS) is 16.3. The van der Waals surface area contributed by atoms with Crippen LogP contribution in [0.25, 0.3) is 0 Å². The molecule has 1 saturated heterocycles. The van der Waals surface area contributed by atoms with Crippen molar-refractivity contribution < 1.29 is 0 Å². The Hall–Kier alpha value is -1.40. The van der Waals surface area contributed by atoms with Crippen molar-refractivity contribution in [2.75, 3.05) is 50.7 Å². The van der Waals surface area contributed by atoms with Crippen molar-refractivity contribution in [2.24, 2.45) is 0 Å². The fourth-order valence-corrected chi connectivity index (χ4v) is 2.52. The third kappa shape index (κ3) is 3.80. The van der Waals surface area contributed by atoms with Gasteiger partial charge in [-0.1, -0.05) is 0 Å². The lowest BCUT2D eigenvalue weighted by Gasteiger charge is -2.27. The van der Waals surface area contributed by atoms with Gasteiger partial charge in [0.15, 0.2) is 0 Å². The van der Waals surface area contributed by atoms with Crippen LogP contribution in [-0.4, -0.2) is 60.5 Å². The Bertz CT molecular complexity index is 463. The van der Waals surface area contributed by atoms with Crippen molar-refractivity contribution in [1.82, 2.24) is 20.0 Å². The molecule has 6 heteroatoms. The van der Waals surface area contributed by atoms with E-state index >= 15 is 0 Å². The molecular weight excluding hydrogens is 254 g/mol. The van der Waals surface area contributed by atoms with Gasteiger partial charge in [0.05, 0.1) is 18.4 Å². The van der Waals surface area contributed by atoms with Gasteiger partial charge in [0, 0.05) is 51.9 Å². The first-order valence-electron chi connectivity index (χ1n) is 7.49. The van der Waals surface area contributed by atoms with Crippen LogP contribution in [0.5, 0.6) is 0 Å². The number of hydrogen-bond acceptors (Lipinski definition) is 5. The van der Waals surface area contributed by atoms with Crippen molar-refractivity contribution in [2.45, 2.75) is 20.4 Å². The van der Waals surface area contributed by atoms with Gasteiger partial charge < -0.3 is 10.2 Å². The second-order valence-electron chi connectivity index (χ2n) is 5.04. The molecule has 0 bridgehead atoms. The Kier molecular flexibility index (Phi) is 5.55. The lowest BCUT2D eigenvalue weighted by Crippen LogP contribution is -2.45. The van der Waals surface area contributed by atoms with Crippen molar-refractivity contribution >= 4 is 5.69 Å². The molecule has 20 heavy (non-hydrogen) atoms. The predicted molar refractivity (Wildman–Crippen MR) is 81.4 cm³/mol. The van der Waals surface area contributed by atoms with E-state index in [1.165, 1.54) is 0 Å². The lowest BCUT2D eigenvalue weighted by atomic mass is 10.3. The zero-order valence-corrected chi connectivity index (χ0v) is 12.5. The summed E-state index contributed by atoms with van der Waals surface area (Å²) in [6, 6.07) is 1.69. The lowest BCUT2D eigenvalue weighted by molar-refractivity contribution is 0.228. The van der Waals surface area contributed by atoms with Gasteiger partial charge >= 0.3 is 0 Å². The van der Waals surface area contributed by atoms with Crippen molar-refractivity contribution in [3.63, 3.8) is 0 Å². The minimum atomic E-state index is -0.00969. The van der Waals surface area contributed by atoms with Crippen LogP contribution in [0.2, 0.25) is 0 Å². The third-order valence-corrected chi connectivity index (χ3v) is 3.82. The highest BCUT2D eigenvalue weighted by atomic mass is 16.1. The van der Waals surface area contributed by atoms with E-state index in [1.807, 2.05) is 0 Å². The Morgan fingerprint density at radius 1 is 1.25 bits per heavy atom. The number of rotatable bonds is 6. The summed E-state index contributed by atoms with van der Waals surface area (Å²) in [5.41, 5.74) is 0.906. The average Bonchev–Trinajstić information content (AvgIpc) is 2.49. The van der Waals surface area contributed by atoms with Gasteiger partial charge in [-0.2, -0.15) is 5.10 Å².